The highest BCUT2D eigenvalue weighted by molar-refractivity contribution is 5.55. The van der Waals surface area contributed by atoms with Crippen molar-refractivity contribution >= 4 is 5.82 Å². The molecule has 0 radical (unpaired) electrons. The number of pyridine rings is 1. The second-order valence-electron chi connectivity index (χ2n) is 3.10. The summed E-state index contributed by atoms with van der Waals surface area (Å²) in [5.41, 5.74) is 0.350. The van der Waals surface area contributed by atoms with Crippen LogP contribution in [-0.2, 0) is 6.18 Å². The molecule has 0 aliphatic carbocycles. The molecular weight excluding hydrogens is 237 g/mol. The zero-order valence-corrected chi connectivity index (χ0v) is 8.62. The van der Waals surface area contributed by atoms with Crippen LogP contribution in [0, 0.1) is 0 Å². The van der Waals surface area contributed by atoms with Gasteiger partial charge in [0.05, 0.1) is 0 Å². The maximum absolute atomic E-state index is 12.2. The molecule has 0 spiro atoms. The minimum absolute atomic E-state index is 0.146. The molecule has 0 saturated carbocycles. The summed E-state index contributed by atoms with van der Waals surface area (Å²) in [7, 11) is 1.68. The molecule has 5 nitrogen and oxygen atoms in total. The zero-order valence-electron chi connectivity index (χ0n) is 8.62. The number of nitrogens with zero attached hydrogens (tertiary/aromatic N) is 3. The Morgan fingerprint density at radius 2 is 2.06 bits per heavy atom. The number of alkyl halides is 3. The topological polar surface area (TPSA) is 63.8 Å². The van der Waals surface area contributed by atoms with Crippen LogP contribution in [0.1, 0.15) is 5.89 Å². The second-order valence-corrected chi connectivity index (χ2v) is 3.10. The third-order valence-electron chi connectivity index (χ3n) is 1.95. The van der Waals surface area contributed by atoms with Gasteiger partial charge in [-0.25, -0.2) is 4.98 Å². The summed E-state index contributed by atoms with van der Waals surface area (Å²) >= 11 is 0. The number of aromatic nitrogens is 3. The lowest BCUT2D eigenvalue weighted by Crippen LogP contribution is -2.04. The quantitative estimate of drug-likeness (QED) is 0.877. The first kappa shape index (κ1) is 11.4. The van der Waals surface area contributed by atoms with Crippen molar-refractivity contribution in [2.24, 2.45) is 0 Å². The third kappa shape index (κ3) is 2.35. The van der Waals surface area contributed by atoms with Gasteiger partial charge in [-0.1, -0.05) is 5.16 Å². The maximum atomic E-state index is 12.2. The van der Waals surface area contributed by atoms with Gasteiger partial charge in [0.25, 0.3) is 0 Å². The Morgan fingerprint density at radius 1 is 1.29 bits per heavy atom. The van der Waals surface area contributed by atoms with E-state index in [0.717, 1.165) is 0 Å². The number of hydrogen-bond donors (Lipinski definition) is 1. The third-order valence-corrected chi connectivity index (χ3v) is 1.95. The van der Waals surface area contributed by atoms with Gasteiger partial charge in [-0.05, 0) is 12.1 Å². The maximum Gasteiger partial charge on any atom is 0.471 e. The van der Waals surface area contributed by atoms with E-state index in [1.165, 1.54) is 6.20 Å². The van der Waals surface area contributed by atoms with Crippen LogP contribution in [0.3, 0.4) is 0 Å². The molecule has 0 bridgehead atoms. The number of nitrogens with one attached hydrogen (secondary N) is 1. The Kier molecular flexibility index (Phi) is 2.70. The Balaban J connectivity index is 2.30. The van der Waals surface area contributed by atoms with Crippen LogP contribution >= 0.6 is 0 Å². The summed E-state index contributed by atoms with van der Waals surface area (Å²) in [6, 6.07) is 3.14. The Morgan fingerprint density at radius 3 is 2.53 bits per heavy atom. The highest BCUT2D eigenvalue weighted by atomic mass is 19.4. The Labute approximate surface area is 93.7 Å². The highest BCUT2D eigenvalue weighted by Gasteiger charge is 2.38. The van der Waals surface area contributed by atoms with Crippen LogP contribution in [-0.4, -0.2) is 22.2 Å². The first-order valence-electron chi connectivity index (χ1n) is 4.56. The molecule has 8 heteroatoms. The molecule has 0 atom stereocenters. The van der Waals surface area contributed by atoms with E-state index in [1.807, 2.05) is 0 Å². The van der Waals surface area contributed by atoms with Crippen LogP contribution in [0.4, 0.5) is 19.0 Å². The summed E-state index contributed by atoms with van der Waals surface area (Å²) in [4.78, 5) is 7.18. The number of anilines is 1. The van der Waals surface area contributed by atoms with E-state index in [1.54, 1.807) is 19.2 Å². The predicted molar refractivity (Wildman–Crippen MR) is 52.1 cm³/mol. The van der Waals surface area contributed by atoms with Gasteiger partial charge in [-0.2, -0.15) is 18.2 Å². The second kappa shape index (κ2) is 4.04. The van der Waals surface area contributed by atoms with Crippen molar-refractivity contribution in [2.75, 3.05) is 12.4 Å². The van der Waals surface area contributed by atoms with Crippen molar-refractivity contribution in [3.63, 3.8) is 0 Å². The summed E-state index contributed by atoms with van der Waals surface area (Å²) in [5.74, 6) is -0.925. The van der Waals surface area contributed by atoms with Crippen molar-refractivity contribution in [3.8, 4) is 11.4 Å². The lowest BCUT2D eigenvalue weighted by atomic mass is 10.3. The van der Waals surface area contributed by atoms with E-state index in [9.17, 15) is 13.2 Å². The van der Waals surface area contributed by atoms with E-state index in [4.69, 9.17) is 0 Å². The molecule has 0 aliphatic heterocycles. The fourth-order valence-electron chi connectivity index (χ4n) is 1.13. The van der Waals surface area contributed by atoms with Crippen LogP contribution in [0.25, 0.3) is 11.4 Å². The van der Waals surface area contributed by atoms with E-state index < -0.39 is 12.1 Å². The van der Waals surface area contributed by atoms with Crippen LogP contribution < -0.4 is 5.32 Å². The van der Waals surface area contributed by atoms with Crippen LogP contribution in [0.15, 0.2) is 22.9 Å². The van der Waals surface area contributed by atoms with Gasteiger partial charge in [0.2, 0.25) is 5.82 Å². The van der Waals surface area contributed by atoms with E-state index in [0.29, 0.717) is 11.4 Å². The van der Waals surface area contributed by atoms with Crippen molar-refractivity contribution < 1.29 is 17.7 Å². The van der Waals surface area contributed by atoms with Crippen molar-refractivity contribution in [1.29, 1.82) is 0 Å². The minimum atomic E-state index is -4.64. The average Bonchev–Trinajstić information content (AvgIpc) is 2.78. The van der Waals surface area contributed by atoms with Crippen molar-refractivity contribution in [1.82, 2.24) is 15.1 Å². The average molecular weight is 244 g/mol. The lowest BCUT2D eigenvalue weighted by Gasteiger charge is -1.98. The first-order chi connectivity index (χ1) is 8.00. The van der Waals surface area contributed by atoms with Crippen LogP contribution in [0.5, 0.6) is 0 Å². The SMILES string of the molecule is CNc1ccc(-c2noc(C(F)(F)F)n2)cn1. The summed E-state index contributed by atoms with van der Waals surface area (Å²) in [6.45, 7) is 0. The van der Waals surface area contributed by atoms with Gasteiger partial charge in [-0.3, -0.25) is 0 Å². The first-order valence-corrected chi connectivity index (χ1v) is 4.56. The van der Waals surface area contributed by atoms with Crippen molar-refractivity contribution in [2.45, 2.75) is 6.18 Å². The molecule has 2 heterocycles. The van der Waals surface area contributed by atoms with Gasteiger partial charge in [0, 0.05) is 18.8 Å². The molecule has 1 N–H and O–H groups in total. The zero-order chi connectivity index (χ0) is 12.5. The highest BCUT2D eigenvalue weighted by Crippen LogP contribution is 2.29. The van der Waals surface area contributed by atoms with E-state index in [-0.39, 0.29) is 5.82 Å². The monoisotopic (exact) mass is 244 g/mol. The lowest BCUT2D eigenvalue weighted by molar-refractivity contribution is -0.159. The molecular formula is C9H7F3N4O. The summed E-state index contributed by atoms with van der Waals surface area (Å²) < 4.78 is 40.8. The molecule has 0 amide bonds. The summed E-state index contributed by atoms with van der Waals surface area (Å²) in [5, 5.41) is 6.02. The van der Waals surface area contributed by atoms with Gasteiger partial charge in [0.1, 0.15) is 5.82 Å². The molecule has 0 aliphatic rings. The largest absolute Gasteiger partial charge is 0.471 e. The molecule has 17 heavy (non-hydrogen) atoms. The van der Waals surface area contributed by atoms with Crippen LogP contribution in [0.2, 0.25) is 0 Å². The standard InChI is InChI=1S/C9H7F3N4O/c1-13-6-3-2-5(4-14-6)7-15-8(17-16-7)9(10,11)12/h2-4H,1H3,(H,13,14). The minimum Gasteiger partial charge on any atom is -0.373 e. The molecule has 90 valence electrons. The molecule has 2 rings (SSSR count). The fraction of sp³-hybridized carbons (Fsp3) is 0.222. The van der Waals surface area contributed by atoms with Gasteiger partial charge in [-0.15, -0.1) is 0 Å². The Bertz CT molecular complexity index is 506. The molecule has 0 saturated heterocycles. The normalized spacial score (nSPS) is 11.5. The molecule has 0 unspecified atom stereocenters. The smallest absolute Gasteiger partial charge is 0.373 e. The summed E-state index contributed by atoms with van der Waals surface area (Å²) in [6.07, 6.45) is -3.28. The number of rotatable bonds is 2. The molecule has 2 aromatic heterocycles. The number of hydrogen-bond acceptors (Lipinski definition) is 5. The number of halogens is 3. The van der Waals surface area contributed by atoms with Gasteiger partial charge in [0.15, 0.2) is 0 Å². The molecule has 0 fully saturated rings. The molecule has 2 aromatic rings. The predicted octanol–water partition coefficient (Wildman–Crippen LogP) is 2.19. The molecule has 0 aromatic carbocycles. The van der Waals surface area contributed by atoms with Crippen molar-refractivity contribution in [3.05, 3.63) is 24.2 Å². The van der Waals surface area contributed by atoms with E-state index in [2.05, 4.69) is 25.0 Å². The van der Waals surface area contributed by atoms with E-state index >= 15 is 0 Å². The Hall–Kier alpha value is -2.12. The van der Waals surface area contributed by atoms with Gasteiger partial charge < -0.3 is 9.84 Å². The fourth-order valence-corrected chi connectivity index (χ4v) is 1.13. The van der Waals surface area contributed by atoms with Gasteiger partial charge >= 0.3 is 12.1 Å².